The highest BCUT2D eigenvalue weighted by atomic mass is 16.3. The number of nitrogens with one attached hydrogen (secondary N) is 1. The van der Waals surface area contributed by atoms with Gasteiger partial charge >= 0.3 is 0 Å². The van der Waals surface area contributed by atoms with E-state index in [0.29, 0.717) is 17.9 Å². The summed E-state index contributed by atoms with van der Waals surface area (Å²) in [7, 11) is 0. The lowest BCUT2D eigenvalue weighted by Gasteiger charge is -2.13. The molecule has 1 amide bonds. The second kappa shape index (κ2) is 6.03. The lowest BCUT2D eigenvalue weighted by molar-refractivity contribution is 0.0995. The van der Waals surface area contributed by atoms with Crippen LogP contribution >= 0.6 is 0 Å². The predicted molar refractivity (Wildman–Crippen MR) is 77.1 cm³/mol. The van der Waals surface area contributed by atoms with Gasteiger partial charge in [-0.05, 0) is 29.8 Å². The summed E-state index contributed by atoms with van der Waals surface area (Å²) in [5.74, 6) is -0.590. The monoisotopic (exact) mass is 272 g/mol. The zero-order chi connectivity index (χ0) is 14.5. The van der Waals surface area contributed by atoms with Crippen LogP contribution in [0.4, 0.5) is 11.4 Å². The quantitative estimate of drug-likeness (QED) is 0.604. The molecule has 1 heterocycles. The molecule has 1 atom stereocenters. The van der Waals surface area contributed by atoms with Gasteiger partial charge in [-0.25, -0.2) is 0 Å². The van der Waals surface area contributed by atoms with Gasteiger partial charge in [0.1, 0.15) is 5.69 Å². The normalized spacial score (nSPS) is 11.8. The first-order valence-electron chi connectivity index (χ1n) is 6.09. The number of nitrogens with zero attached hydrogens (tertiary/aromatic N) is 1. The van der Waals surface area contributed by atoms with E-state index in [1.165, 1.54) is 12.3 Å². The summed E-state index contributed by atoms with van der Waals surface area (Å²) < 4.78 is 0. The minimum absolute atomic E-state index is 0.178. The number of rotatable bonds is 5. The van der Waals surface area contributed by atoms with E-state index in [9.17, 15) is 9.90 Å². The van der Waals surface area contributed by atoms with Crippen molar-refractivity contribution in [3.05, 3.63) is 53.9 Å². The molecule has 0 aliphatic carbocycles. The number of primary amides is 1. The van der Waals surface area contributed by atoms with E-state index in [-0.39, 0.29) is 5.69 Å². The van der Waals surface area contributed by atoms with Crippen LogP contribution in [0.15, 0.2) is 42.6 Å². The molecule has 2 aromatic rings. The molecule has 0 aliphatic heterocycles. The Morgan fingerprint density at radius 3 is 2.65 bits per heavy atom. The Morgan fingerprint density at radius 2 is 2.00 bits per heavy atom. The van der Waals surface area contributed by atoms with Gasteiger partial charge in [0.25, 0.3) is 5.91 Å². The molecule has 1 aromatic heterocycles. The number of carbonyl (C=O) groups excluding carboxylic acids is 1. The highest BCUT2D eigenvalue weighted by molar-refractivity contribution is 5.91. The minimum Gasteiger partial charge on any atom is -0.399 e. The Balaban J connectivity index is 1.99. The number of nitrogen functional groups attached to an aromatic ring is 1. The SMILES string of the molecule is NC(=O)c1cc(NCC(O)c2ccc(N)cc2)ccn1. The van der Waals surface area contributed by atoms with Gasteiger partial charge in [0.2, 0.25) is 0 Å². The molecule has 0 fully saturated rings. The van der Waals surface area contributed by atoms with Crippen LogP contribution in [-0.2, 0) is 0 Å². The molecule has 6 N–H and O–H groups in total. The first-order chi connectivity index (χ1) is 9.56. The molecule has 104 valence electrons. The third kappa shape index (κ3) is 3.46. The van der Waals surface area contributed by atoms with Crippen molar-refractivity contribution in [2.24, 2.45) is 5.73 Å². The van der Waals surface area contributed by atoms with E-state index >= 15 is 0 Å². The number of amides is 1. The number of hydrogen-bond acceptors (Lipinski definition) is 5. The summed E-state index contributed by atoms with van der Waals surface area (Å²) in [4.78, 5) is 14.9. The van der Waals surface area contributed by atoms with Crippen molar-refractivity contribution >= 4 is 17.3 Å². The third-order valence-corrected chi connectivity index (χ3v) is 2.83. The number of pyridine rings is 1. The van der Waals surface area contributed by atoms with Gasteiger partial charge in [-0.2, -0.15) is 0 Å². The maximum absolute atomic E-state index is 11.0. The van der Waals surface area contributed by atoms with Crippen molar-refractivity contribution in [3.63, 3.8) is 0 Å². The molecule has 20 heavy (non-hydrogen) atoms. The van der Waals surface area contributed by atoms with E-state index in [4.69, 9.17) is 11.5 Å². The maximum atomic E-state index is 11.0. The molecule has 0 saturated heterocycles. The summed E-state index contributed by atoms with van der Waals surface area (Å²) in [5, 5.41) is 13.1. The Kier molecular flexibility index (Phi) is 4.17. The molecular formula is C14H16N4O2. The predicted octanol–water partition coefficient (Wildman–Crippen LogP) is 0.908. The number of hydrogen-bond donors (Lipinski definition) is 4. The Bertz CT molecular complexity index is 598. The van der Waals surface area contributed by atoms with E-state index in [0.717, 1.165) is 5.56 Å². The molecule has 6 heteroatoms. The number of benzene rings is 1. The summed E-state index contributed by atoms with van der Waals surface area (Å²) in [6.07, 6.45) is 0.804. The van der Waals surface area contributed by atoms with Crippen molar-refractivity contribution < 1.29 is 9.90 Å². The average molecular weight is 272 g/mol. The van der Waals surface area contributed by atoms with Gasteiger partial charge in [0, 0.05) is 24.1 Å². The number of aromatic nitrogens is 1. The topological polar surface area (TPSA) is 114 Å². The van der Waals surface area contributed by atoms with Gasteiger partial charge in [-0.15, -0.1) is 0 Å². The summed E-state index contributed by atoms with van der Waals surface area (Å²) in [5.41, 5.74) is 13.0. The average Bonchev–Trinajstić information content (AvgIpc) is 2.46. The van der Waals surface area contributed by atoms with Crippen LogP contribution in [0.25, 0.3) is 0 Å². The molecule has 2 rings (SSSR count). The maximum Gasteiger partial charge on any atom is 0.267 e. The van der Waals surface area contributed by atoms with Crippen LogP contribution in [0.3, 0.4) is 0 Å². The molecule has 1 unspecified atom stereocenters. The van der Waals surface area contributed by atoms with Gasteiger partial charge in [0.15, 0.2) is 0 Å². The zero-order valence-electron chi connectivity index (χ0n) is 10.8. The zero-order valence-corrected chi connectivity index (χ0v) is 10.8. The van der Waals surface area contributed by atoms with Crippen molar-refractivity contribution in [1.29, 1.82) is 0 Å². The molecule has 0 radical (unpaired) electrons. The summed E-state index contributed by atoms with van der Waals surface area (Å²) in [6.45, 7) is 0.298. The van der Waals surface area contributed by atoms with Crippen molar-refractivity contribution in [2.75, 3.05) is 17.6 Å². The van der Waals surface area contributed by atoms with E-state index in [2.05, 4.69) is 10.3 Å². The third-order valence-electron chi connectivity index (χ3n) is 2.83. The number of aliphatic hydroxyl groups is 1. The standard InChI is InChI=1S/C14H16N4O2/c15-10-3-1-9(2-4-10)13(19)8-18-11-5-6-17-12(7-11)14(16)20/h1-7,13,19H,8,15H2,(H2,16,20)(H,17,18). The lowest BCUT2D eigenvalue weighted by Crippen LogP contribution is -2.15. The van der Waals surface area contributed by atoms with Crippen molar-refractivity contribution in [1.82, 2.24) is 4.98 Å². The number of anilines is 2. The largest absolute Gasteiger partial charge is 0.399 e. The Labute approximate surface area is 116 Å². The van der Waals surface area contributed by atoms with Crippen LogP contribution in [0.5, 0.6) is 0 Å². The second-order valence-corrected chi connectivity index (χ2v) is 4.36. The fraction of sp³-hybridized carbons (Fsp3) is 0.143. The minimum atomic E-state index is -0.680. The summed E-state index contributed by atoms with van der Waals surface area (Å²) in [6, 6.07) is 10.2. The Hall–Kier alpha value is -2.60. The smallest absolute Gasteiger partial charge is 0.267 e. The van der Waals surface area contributed by atoms with Crippen molar-refractivity contribution in [2.45, 2.75) is 6.10 Å². The summed E-state index contributed by atoms with van der Waals surface area (Å²) >= 11 is 0. The molecular weight excluding hydrogens is 256 g/mol. The van der Waals surface area contributed by atoms with Crippen LogP contribution < -0.4 is 16.8 Å². The molecule has 6 nitrogen and oxygen atoms in total. The van der Waals surface area contributed by atoms with Crippen LogP contribution in [-0.4, -0.2) is 22.5 Å². The molecule has 0 aliphatic rings. The molecule has 0 bridgehead atoms. The van der Waals surface area contributed by atoms with Gasteiger partial charge in [0.05, 0.1) is 6.10 Å². The number of nitrogens with two attached hydrogens (primary N) is 2. The molecule has 0 saturated carbocycles. The van der Waals surface area contributed by atoms with Gasteiger partial charge in [-0.3, -0.25) is 9.78 Å². The lowest BCUT2D eigenvalue weighted by atomic mass is 10.1. The highest BCUT2D eigenvalue weighted by Gasteiger charge is 2.08. The van der Waals surface area contributed by atoms with Crippen LogP contribution in [0, 0.1) is 0 Å². The van der Waals surface area contributed by atoms with E-state index in [1.54, 1.807) is 30.3 Å². The second-order valence-electron chi connectivity index (χ2n) is 4.36. The van der Waals surface area contributed by atoms with Crippen LogP contribution in [0.1, 0.15) is 22.2 Å². The van der Waals surface area contributed by atoms with Crippen molar-refractivity contribution in [3.8, 4) is 0 Å². The first-order valence-corrected chi connectivity index (χ1v) is 6.09. The Morgan fingerprint density at radius 1 is 1.30 bits per heavy atom. The van der Waals surface area contributed by atoms with Gasteiger partial charge in [-0.1, -0.05) is 12.1 Å². The van der Waals surface area contributed by atoms with Crippen LogP contribution in [0.2, 0.25) is 0 Å². The van der Waals surface area contributed by atoms with Gasteiger partial charge < -0.3 is 21.9 Å². The number of carbonyl (C=O) groups is 1. The molecule has 1 aromatic carbocycles. The molecule has 0 spiro atoms. The first kappa shape index (κ1) is 13.8. The fourth-order valence-electron chi connectivity index (χ4n) is 1.73. The number of aliphatic hydroxyl groups excluding tert-OH is 1. The van der Waals surface area contributed by atoms with E-state index < -0.39 is 12.0 Å². The highest BCUT2D eigenvalue weighted by Crippen LogP contribution is 2.16. The van der Waals surface area contributed by atoms with E-state index in [1.807, 2.05) is 0 Å². The fourth-order valence-corrected chi connectivity index (χ4v) is 1.73.